The van der Waals surface area contributed by atoms with Gasteiger partial charge in [0.2, 0.25) is 0 Å². The van der Waals surface area contributed by atoms with Gasteiger partial charge >= 0.3 is 0 Å². The number of pyridine rings is 1. The molecule has 160 valence electrons. The minimum absolute atomic E-state index is 0.0532. The van der Waals surface area contributed by atoms with Crippen LogP contribution >= 0.6 is 0 Å². The molecule has 0 aliphatic carbocycles. The molecule has 2 aromatic heterocycles. The first-order valence-corrected chi connectivity index (χ1v) is 10.3. The van der Waals surface area contributed by atoms with Gasteiger partial charge in [-0.2, -0.15) is 0 Å². The SMILES string of the molecule is COCCNC(=O)c1cc([C@H]2CCN(C(=O)c3cnc(C)cn3)C2)nc2ccccc12. The van der Waals surface area contributed by atoms with Crippen molar-refractivity contribution in [2.24, 2.45) is 0 Å². The summed E-state index contributed by atoms with van der Waals surface area (Å²) in [4.78, 5) is 40.6. The van der Waals surface area contributed by atoms with Crippen molar-refractivity contribution < 1.29 is 14.3 Å². The van der Waals surface area contributed by atoms with Gasteiger partial charge in [-0.25, -0.2) is 4.98 Å². The number of nitrogens with zero attached hydrogens (tertiary/aromatic N) is 4. The molecule has 4 rings (SSSR count). The van der Waals surface area contributed by atoms with Crippen LogP contribution in [-0.4, -0.2) is 65.0 Å². The molecule has 0 unspecified atom stereocenters. The van der Waals surface area contributed by atoms with Crippen molar-refractivity contribution >= 4 is 22.7 Å². The van der Waals surface area contributed by atoms with Crippen molar-refractivity contribution in [2.45, 2.75) is 19.3 Å². The molecule has 1 atom stereocenters. The van der Waals surface area contributed by atoms with Crippen LogP contribution in [0.15, 0.2) is 42.7 Å². The summed E-state index contributed by atoms with van der Waals surface area (Å²) < 4.78 is 5.02. The van der Waals surface area contributed by atoms with Crippen molar-refractivity contribution in [1.82, 2.24) is 25.2 Å². The summed E-state index contributed by atoms with van der Waals surface area (Å²) in [7, 11) is 1.60. The standard InChI is InChI=1S/C23H25N5O3/c1-15-12-26-21(13-25-15)23(30)28-9-7-16(14-28)20-11-18(22(29)24-8-10-31-2)17-5-3-4-6-19(17)27-20/h3-6,11-13,16H,7-10,14H2,1-2H3,(H,24,29)/t16-/m0/s1. The summed E-state index contributed by atoms with van der Waals surface area (Å²) in [6, 6.07) is 9.47. The van der Waals surface area contributed by atoms with Gasteiger partial charge in [0.25, 0.3) is 11.8 Å². The second-order valence-corrected chi connectivity index (χ2v) is 7.64. The Balaban J connectivity index is 1.57. The zero-order chi connectivity index (χ0) is 21.8. The van der Waals surface area contributed by atoms with Crippen LogP contribution in [0.2, 0.25) is 0 Å². The highest BCUT2D eigenvalue weighted by atomic mass is 16.5. The number of carbonyl (C=O) groups is 2. The predicted molar refractivity (Wildman–Crippen MR) is 116 cm³/mol. The van der Waals surface area contributed by atoms with Gasteiger partial charge in [0, 0.05) is 49.9 Å². The molecule has 0 saturated carbocycles. The zero-order valence-corrected chi connectivity index (χ0v) is 17.7. The van der Waals surface area contributed by atoms with Gasteiger partial charge in [0.1, 0.15) is 5.69 Å². The number of carbonyl (C=O) groups excluding carboxylic acids is 2. The molecule has 2 amide bonds. The Bertz CT molecular complexity index is 1100. The van der Waals surface area contributed by atoms with E-state index in [1.54, 1.807) is 18.2 Å². The van der Waals surface area contributed by atoms with Crippen molar-refractivity contribution in [3.8, 4) is 0 Å². The molecule has 0 radical (unpaired) electrons. The Hall–Kier alpha value is -3.39. The van der Waals surface area contributed by atoms with E-state index in [2.05, 4.69) is 15.3 Å². The highest BCUT2D eigenvalue weighted by Gasteiger charge is 2.30. The summed E-state index contributed by atoms with van der Waals surface area (Å²) in [5, 5.41) is 3.70. The molecule has 1 saturated heterocycles. The van der Waals surface area contributed by atoms with E-state index in [1.165, 1.54) is 6.20 Å². The summed E-state index contributed by atoms with van der Waals surface area (Å²) in [5.41, 5.74) is 3.29. The topological polar surface area (TPSA) is 97.3 Å². The molecular weight excluding hydrogens is 394 g/mol. The van der Waals surface area contributed by atoms with Crippen LogP contribution in [0.1, 0.15) is 44.6 Å². The van der Waals surface area contributed by atoms with E-state index in [1.807, 2.05) is 37.3 Å². The Morgan fingerprint density at radius 2 is 2.06 bits per heavy atom. The van der Waals surface area contributed by atoms with E-state index in [0.29, 0.717) is 37.5 Å². The highest BCUT2D eigenvalue weighted by molar-refractivity contribution is 6.06. The number of para-hydroxylation sites is 1. The van der Waals surface area contributed by atoms with Crippen molar-refractivity contribution in [3.05, 3.63) is 65.4 Å². The fraction of sp³-hybridized carbons (Fsp3) is 0.348. The number of rotatable bonds is 6. The normalized spacial score (nSPS) is 15.9. The van der Waals surface area contributed by atoms with Gasteiger partial charge < -0.3 is 15.0 Å². The molecule has 8 nitrogen and oxygen atoms in total. The number of aromatic nitrogens is 3. The number of amides is 2. The van der Waals surface area contributed by atoms with Gasteiger partial charge in [0.15, 0.2) is 0 Å². The number of likely N-dealkylation sites (tertiary alicyclic amines) is 1. The lowest BCUT2D eigenvalue weighted by Gasteiger charge is -2.17. The molecule has 0 spiro atoms. The lowest BCUT2D eigenvalue weighted by molar-refractivity contribution is 0.0784. The molecular formula is C23H25N5O3. The smallest absolute Gasteiger partial charge is 0.274 e. The molecule has 3 aromatic rings. The quantitative estimate of drug-likeness (QED) is 0.616. The number of hydrogen-bond donors (Lipinski definition) is 1. The van der Waals surface area contributed by atoms with Crippen LogP contribution in [0, 0.1) is 6.92 Å². The largest absolute Gasteiger partial charge is 0.383 e. The number of aryl methyl sites for hydroxylation is 1. The molecule has 1 fully saturated rings. The van der Waals surface area contributed by atoms with Crippen LogP contribution in [0.4, 0.5) is 0 Å². The van der Waals surface area contributed by atoms with Crippen molar-refractivity contribution in [2.75, 3.05) is 33.4 Å². The Labute approximate surface area is 180 Å². The fourth-order valence-electron chi connectivity index (χ4n) is 3.81. The van der Waals surface area contributed by atoms with Crippen LogP contribution in [-0.2, 0) is 4.74 Å². The van der Waals surface area contributed by atoms with Crippen molar-refractivity contribution in [1.29, 1.82) is 0 Å². The molecule has 3 heterocycles. The Kier molecular flexibility index (Phi) is 6.18. The lowest BCUT2D eigenvalue weighted by Crippen LogP contribution is -2.29. The van der Waals surface area contributed by atoms with E-state index >= 15 is 0 Å². The summed E-state index contributed by atoms with van der Waals surface area (Å²) >= 11 is 0. The zero-order valence-electron chi connectivity index (χ0n) is 17.7. The molecule has 1 aromatic carbocycles. The summed E-state index contributed by atoms with van der Waals surface area (Å²) in [5.74, 6) is -0.233. The predicted octanol–water partition coefficient (Wildman–Crippen LogP) is 2.34. The third kappa shape index (κ3) is 4.54. The number of ether oxygens (including phenoxy) is 1. The first kappa shape index (κ1) is 20.9. The maximum Gasteiger partial charge on any atom is 0.274 e. The van der Waals surface area contributed by atoms with Crippen LogP contribution in [0.5, 0.6) is 0 Å². The third-order valence-electron chi connectivity index (χ3n) is 5.47. The number of hydrogen-bond acceptors (Lipinski definition) is 6. The van der Waals surface area contributed by atoms with Crippen LogP contribution in [0.3, 0.4) is 0 Å². The Morgan fingerprint density at radius 3 is 2.84 bits per heavy atom. The van der Waals surface area contributed by atoms with E-state index in [-0.39, 0.29) is 17.7 Å². The number of methoxy groups -OCH3 is 1. The third-order valence-corrected chi connectivity index (χ3v) is 5.47. The summed E-state index contributed by atoms with van der Waals surface area (Å²) in [6.45, 7) is 3.86. The highest BCUT2D eigenvalue weighted by Crippen LogP contribution is 2.30. The maximum absolute atomic E-state index is 12.8. The average molecular weight is 419 g/mol. The van der Waals surface area contributed by atoms with Crippen LogP contribution in [0.25, 0.3) is 10.9 Å². The van der Waals surface area contributed by atoms with Gasteiger partial charge in [-0.3, -0.25) is 19.6 Å². The van der Waals surface area contributed by atoms with Gasteiger partial charge in [-0.1, -0.05) is 18.2 Å². The second-order valence-electron chi connectivity index (χ2n) is 7.64. The molecule has 1 aliphatic rings. The lowest BCUT2D eigenvalue weighted by atomic mass is 9.99. The molecule has 0 bridgehead atoms. The van der Waals surface area contributed by atoms with Crippen LogP contribution < -0.4 is 5.32 Å². The Morgan fingerprint density at radius 1 is 1.23 bits per heavy atom. The van der Waals surface area contributed by atoms with E-state index in [4.69, 9.17) is 9.72 Å². The average Bonchev–Trinajstić information content (AvgIpc) is 3.29. The van der Waals surface area contributed by atoms with Crippen molar-refractivity contribution in [3.63, 3.8) is 0 Å². The first-order chi connectivity index (χ1) is 15.1. The first-order valence-electron chi connectivity index (χ1n) is 10.3. The summed E-state index contributed by atoms with van der Waals surface area (Å²) in [6.07, 6.45) is 3.89. The minimum atomic E-state index is -0.155. The van der Waals surface area contributed by atoms with E-state index in [9.17, 15) is 9.59 Å². The monoisotopic (exact) mass is 419 g/mol. The number of benzene rings is 1. The molecule has 1 aliphatic heterocycles. The molecule has 31 heavy (non-hydrogen) atoms. The van der Waals surface area contributed by atoms with E-state index < -0.39 is 0 Å². The van der Waals surface area contributed by atoms with E-state index in [0.717, 1.165) is 28.7 Å². The van der Waals surface area contributed by atoms with Gasteiger partial charge in [0.05, 0.1) is 29.6 Å². The minimum Gasteiger partial charge on any atom is -0.383 e. The molecule has 1 N–H and O–H groups in total. The molecule has 8 heteroatoms. The van der Waals surface area contributed by atoms with Gasteiger partial charge in [-0.15, -0.1) is 0 Å². The maximum atomic E-state index is 12.8. The number of nitrogens with one attached hydrogen (secondary N) is 1. The van der Waals surface area contributed by atoms with Gasteiger partial charge in [-0.05, 0) is 25.5 Å². The second kappa shape index (κ2) is 9.18. The number of fused-ring (bicyclic) bond motifs is 1. The fourth-order valence-corrected chi connectivity index (χ4v) is 3.81.